The molecule has 3 atom stereocenters. The number of esters is 1. The number of aromatic nitrogens is 3. The summed E-state index contributed by atoms with van der Waals surface area (Å²) in [6.45, 7) is -0.0629. The standard InChI is InChI=1S/C21H21N5O4/c22-12-21(18-7-6-17-20(23)24-13-25-26(17)18)10-15(27)9-16(30-21)11-29-19(28)8-14-4-2-1-3-5-14/h1-7,13,15-16,27H,8-11H2,(H2,23,24,25)/t15-,16+,21+/m1/s1. The van der Waals surface area contributed by atoms with Crippen LogP contribution in [0.3, 0.4) is 0 Å². The second-order valence-corrected chi connectivity index (χ2v) is 7.28. The van der Waals surface area contributed by atoms with Crippen molar-refractivity contribution in [1.29, 1.82) is 5.26 Å². The lowest BCUT2D eigenvalue weighted by molar-refractivity contribution is -0.171. The highest BCUT2D eigenvalue weighted by atomic mass is 16.6. The molecule has 0 saturated carbocycles. The van der Waals surface area contributed by atoms with Crippen LogP contribution in [-0.2, 0) is 26.3 Å². The second kappa shape index (κ2) is 8.10. The Hall–Kier alpha value is -3.48. The van der Waals surface area contributed by atoms with E-state index in [-0.39, 0.29) is 31.7 Å². The molecule has 0 unspecified atom stereocenters. The Labute approximate surface area is 172 Å². The summed E-state index contributed by atoms with van der Waals surface area (Å²) in [5.74, 6) is -0.131. The van der Waals surface area contributed by atoms with Crippen LogP contribution in [0.4, 0.5) is 5.82 Å². The third-order valence-corrected chi connectivity index (χ3v) is 5.12. The maximum Gasteiger partial charge on any atom is 0.310 e. The number of aliphatic hydroxyl groups excluding tert-OH is 1. The summed E-state index contributed by atoms with van der Waals surface area (Å²) in [4.78, 5) is 16.1. The van der Waals surface area contributed by atoms with Crippen LogP contribution >= 0.6 is 0 Å². The van der Waals surface area contributed by atoms with Gasteiger partial charge < -0.3 is 20.3 Å². The molecule has 0 spiro atoms. The van der Waals surface area contributed by atoms with Crippen molar-refractivity contribution in [3.05, 3.63) is 60.0 Å². The fourth-order valence-corrected chi connectivity index (χ4v) is 3.75. The minimum atomic E-state index is -1.46. The van der Waals surface area contributed by atoms with Gasteiger partial charge in [-0.2, -0.15) is 10.4 Å². The molecule has 0 amide bonds. The first-order valence-corrected chi connectivity index (χ1v) is 9.56. The monoisotopic (exact) mass is 407 g/mol. The molecule has 154 valence electrons. The number of nitrogens with two attached hydrogens (primary N) is 1. The number of nitrogens with zero attached hydrogens (tertiary/aromatic N) is 4. The van der Waals surface area contributed by atoms with Crippen molar-refractivity contribution in [2.75, 3.05) is 12.3 Å². The number of ether oxygens (including phenoxy) is 2. The molecular formula is C21H21N5O4. The molecule has 3 heterocycles. The fraction of sp³-hybridized carbons (Fsp3) is 0.333. The van der Waals surface area contributed by atoms with Gasteiger partial charge in [0.05, 0.1) is 24.3 Å². The molecule has 9 heteroatoms. The number of hydrogen-bond acceptors (Lipinski definition) is 8. The Morgan fingerprint density at radius 3 is 2.93 bits per heavy atom. The molecule has 2 aromatic heterocycles. The Balaban J connectivity index is 1.51. The lowest BCUT2D eigenvalue weighted by Crippen LogP contribution is -2.46. The number of fused-ring (bicyclic) bond motifs is 1. The number of hydrogen-bond donors (Lipinski definition) is 2. The zero-order valence-corrected chi connectivity index (χ0v) is 16.1. The van der Waals surface area contributed by atoms with Gasteiger partial charge in [0.2, 0.25) is 0 Å². The van der Waals surface area contributed by atoms with Gasteiger partial charge in [-0.3, -0.25) is 4.79 Å². The summed E-state index contributed by atoms with van der Waals surface area (Å²) < 4.78 is 12.9. The molecule has 1 saturated heterocycles. The number of carbonyl (C=O) groups is 1. The van der Waals surface area contributed by atoms with Crippen molar-refractivity contribution in [2.45, 2.75) is 37.1 Å². The molecule has 1 aromatic carbocycles. The molecule has 0 radical (unpaired) electrons. The number of anilines is 1. The molecule has 1 aliphatic heterocycles. The molecule has 3 N–H and O–H groups in total. The molecule has 0 aliphatic carbocycles. The summed E-state index contributed by atoms with van der Waals surface area (Å²) in [7, 11) is 0. The van der Waals surface area contributed by atoms with Gasteiger partial charge in [0.25, 0.3) is 0 Å². The highest BCUT2D eigenvalue weighted by Crippen LogP contribution is 2.38. The van der Waals surface area contributed by atoms with Crippen molar-refractivity contribution < 1.29 is 19.4 Å². The van der Waals surface area contributed by atoms with Gasteiger partial charge >= 0.3 is 5.97 Å². The first-order chi connectivity index (χ1) is 14.5. The zero-order valence-electron chi connectivity index (χ0n) is 16.1. The van der Waals surface area contributed by atoms with Crippen LogP contribution in [0.25, 0.3) is 5.52 Å². The SMILES string of the molecule is N#C[C@]1(c2ccc3c(N)ncnn23)C[C@H](O)C[C@@H](COC(=O)Cc2ccccc2)O1. The first-order valence-electron chi connectivity index (χ1n) is 9.56. The minimum absolute atomic E-state index is 0.0629. The van der Waals surface area contributed by atoms with E-state index in [9.17, 15) is 15.2 Å². The van der Waals surface area contributed by atoms with E-state index < -0.39 is 23.8 Å². The van der Waals surface area contributed by atoms with Crippen LogP contribution in [0.5, 0.6) is 0 Å². The van der Waals surface area contributed by atoms with E-state index in [1.165, 1.54) is 10.8 Å². The van der Waals surface area contributed by atoms with Crippen LogP contribution < -0.4 is 5.73 Å². The topological polar surface area (TPSA) is 136 Å². The van der Waals surface area contributed by atoms with Crippen molar-refractivity contribution in [3.8, 4) is 6.07 Å². The number of nitrogen functional groups attached to an aromatic ring is 1. The first kappa shape index (κ1) is 19.8. The number of carbonyl (C=O) groups excluding carboxylic acids is 1. The Kier molecular flexibility index (Phi) is 5.35. The molecule has 3 aromatic rings. The van der Waals surface area contributed by atoms with Crippen molar-refractivity contribution in [3.63, 3.8) is 0 Å². The van der Waals surface area contributed by atoms with Crippen LogP contribution in [0.1, 0.15) is 24.1 Å². The average Bonchev–Trinajstić information content (AvgIpc) is 3.19. The lowest BCUT2D eigenvalue weighted by Gasteiger charge is -2.38. The molecule has 4 rings (SSSR count). The Bertz CT molecular complexity index is 1090. The van der Waals surface area contributed by atoms with Crippen molar-refractivity contribution in [1.82, 2.24) is 14.6 Å². The second-order valence-electron chi connectivity index (χ2n) is 7.28. The number of aliphatic hydroxyl groups is 1. The highest BCUT2D eigenvalue weighted by Gasteiger charge is 2.45. The number of nitriles is 1. The van der Waals surface area contributed by atoms with Gasteiger partial charge in [-0.1, -0.05) is 30.3 Å². The van der Waals surface area contributed by atoms with Crippen molar-refractivity contribution >= 4 is 17.3 Å². The van der Waals surface area contributed by atoms with E-state index in [2.05, 4.69) is 16.2 Å². The molecule has 1 aliphatic rings. The quantitative estimate of drug-likeness (QED) is 0.605. The summed E-state index contributed by atoms with van der Waals surface area (Å²) in [6, 6.07) is 14.8. The maximum absolute atomic E-state index is 12.2. The van der Waals surface area contributed by atoms with Crippen molar-refractivity contribution in [2.24, 2.45) is 0 Å². The summed E-state index contributed by atoms with van der Waals surface area (Å²) in [6.07, 6.45) is 0.299. The van der Waals surface area contributed by atoms with Gasteiger partial charge in [0.1, 0.15) is 24.5 Å². The maximum atomic E-state index is 12.2. The van der Waals surface area contributed by atoms with E-state index in [0.717, 1.165) is 5.56 Å². The number of rotatable bonds is 5. The third kappa shape index (κ3) is 3.83. The smallest absolute Gasteiger partial charge is 0.310 e. The van der Waals surface area contributed by atoms with Gasteiger partial charge in [-0.15, -0.1) is 0 Å². The van der Waals surface area contributed by atoms with Crippen LogP contribution in [0.15, 0.2) is 48.8 Å². The molecule has 0 bridgehead atoms. The van der Waals surface area contributed by atoms with Crippen LogP contribution in [0, 0.1) is 11.3 Å². The van der Waals surface area contributed by atoms with E-state index in [1.807, 2.05) is 30.3 Å². The molecule has 9 nitrogen and oxygen atoms in total. The van der Waals surface area contributed by atoms with E-state index in [4.69, 9.17) is 15.2 Å². The molecular weight excluding hydrogens is 386 g/mol. The third-order valence-electron chi connectivity index (χ3n) is 5.12. The van der Waals surface area contributed by atoms with Gasteiger partial charge in [0, 0.05) is 12.8 Å². The lowest BCUT2D eigenvalue weighted by atomic mass is 9.88. The van der Waals surface area contributed by atoms with Gasteiger partial charge in [0.15, 0.2) is 11.4 Å². The average molecular weight is 407 g/mol. The predicted molar refractivity (Wildman–Crippen MR) is 106 cm³/mol. The number of benzene rings is 1. The highest BCUT2D eigenvalue weighted by molar-refractivity contribution is 5.72. The molecule has 30 heavy (non-hydrogen) atoms. The van der Waals surface area contributed by atoms with Crippen LogP contribution in [0.2, 0.25) is 0 Å². The normalized spacial score (nSPS) is 23.7. The van der Waals surface area contributed by atoms with Gasteiger partial charge in [-0.05, 0) is 17.7 Å². The largest absolute Gasteiger partial charge is 0.463 e. The summed E-state index contributed by atoms with van der Waals surface area (Å²) >= 11 is 0. The Morgan fingerprint density at radius 1 is 1.37 bits per heavy atom. The summed E-state index contributed by atoms with van der Waals surface area (Å²) in [5, 5.41) is 24.6. The van der Waals surface area contributed by atoms with E-state index >= 15 is 0 Å². The zero-order chi connectivity index (χ0) is 21.1. The van der Waals surface area contributed by atoms with E-state index in [1.54, 1.807) is 12.1 Å². The predicted octanol–water partition coefficient (Wildman–Crippen LogP) is 1.36. The van der Waals surface area contributed by atoms with Crippen LogP contribution in [-0.4, -0.2) is 44.5 Å². The minimum Gasteiger partial charge on any atom is -0.463 e. The van der Waals surface area contributed by atoms with Gasteiger partial charge in [-0.25, -0.2) is 9.50 Å². The summed E-state index contributed by atoms with van der Waals surface area (Å²) in [5.41, 5.74) is 6.24. The fourth-order valence-electron chi connectivity index (χ4n) is 3.75. The molecule has 1 fully saturated rings. The Morgan fingerprint density at radius 2 is 2.17 bits per heavy atom. The van der Waals surface area contributed by atoms with E-state index in [0.29, 0.717) is 11.2 Å².